The van der Waals surface area contributed by atoms with Crippen molar-refractivity contribution in [2.24, 2.45) is 11.5 Å². The molecule has 0 aliphatic heterocycles. The van der Waals surface area contributed by atoms with Crippen molar-refractivity contribution >= 4 is 5.91 Å². The molecule has 5 heteroatoms. The summed E-state index contributed by atoms with van der Waals surface area (Å²) >= 11 is 0. The van der Waals surface area contributed by atoms with Crippen molar-refractivity contribution in [3.05, 3.63) is 35.9 Å². The molecule has 0 aliphatic rings. The lowest BCUT2D eigenvalue weighted by Crippen LogP contribution is -2.10. The van der Waals surface area contributed by atoms with Gasteiger partial charge in [0.25, 0.3) is 0 Å². The zero-order chi connectivity index (χ0) is 13.4. The Morgan fingerprint density at radius 2 is 2.06 bits per heavy atom. The SMILES string of the molecule is C=C(C)C(N)=O.COc1cc(CN)ccc1O. The average Bonchev–Trinajstić information content (AvgIpc) is 2.30. The van der Waals surface area contributed by atoms with Crippen LogP contribution in [0.1, 0.15) is 12.5 Å². The first-order valence-electron chi connectivity index (χ1n) is 4.93. The van der Waals surface area contributed by atoms with E-state index in [2.05, 4.69) is 6.58 Å². The fourth-order valence-corrected chi connectivity index (χ4v) is 0.849. The summed E-state index contributed by atoms with van der Waals surface area (Å²) in [6.45, 7) is 5.31. The fraction of sp³-hybridized carbons (Fsp3) is 0.250. The number of carbonyl (C=O) groups excluding carboxylic acids is 1. The molecular formula is C12H18N2O3. The highest BCUT2D eigenvalue weighted by molar-refractivity contribution is 5.90. The van der Waals surface area contributed by atoms with E-state index >= 15 is 0 Å². The first kappa shape index (κ1) is 15.0. The van der Waals surface area contributed by atoms with Gasteiger partial charge in [-0.2, -0.15) is 0 Å². The number of primary amides is 1. The smallest absolute Gasteiger partial charge is 0.243 e. The minimum Gasteiger partial charge on any atom is -0.504 e. The molecule has 0 spiro atoms. The van der Waals surface area contributed by atoms with E-state index in [0.29, 0.717) is 17.9 Å². The molecule has 5 N–H and O–H groups in total. The van der Waals surface area contributed by atoms with Crippen molar-refractivity contribution in [1.29, 1.82) is 0 Å². The highest BCUT2D eigenvalue weighted by Crippen LogP contribution is 2.25. The topological polar surface area (TPSA) is 98.6 Å². The molecule has 0 atom stereocenters. The van der Waals surface area contributed by atoms with Gasteiger partial charge in [-0.3, -0.25) is 4.79 Å². The van der Waals surface area contributed by atoms with Gasteiger partial charge < -0.3 is 21.3 Å². The fourth-order valence-electron chi connectivity index (χ4n) is 0.849. The van der Waals surface area contributed by atoms with Gasteiger partial charge in [0.05, 0.1) is 7.11 Å². The maximum atomic E-state index is 9.82. The van der Waals surface area contributed by atoms with Gasteiger partial charge in [0.2, 0.25) is 5.91 Å². The number of rotatable bonds is 3. The highest BCUT2D eigenvalue weighted by Gasteiger charge is 2.00. The average molecular weight is 238 g/mol. The number of hydrogen-bond acceptors (Lipinski definition) is 4. The van der Waals surface area contributed by atoms with Crippen LogP contribution in [-0.4, -0.2) is 18.1 Å². The van der Waals surface area contributed by atoms with Gasteiger partial charge in [0.15, 0.2) is 11.5 Å². The van der Waals surface area contributed by atoms with Crippen LogP contribution in [0.4, 0.5) is 0 Å². The number of carbonyl (C=O) groups is 1. The Morgan fingerprint density at radius 1 is 1.53 bits per heavy atom. The van der Waals surface area contributed by atoms with Crippen LogP contribution in [-0.2, 0) is 11.3 Å². The second kappa shape index (κ2) is 7.29. The molecular weight excluding hydrogens is 220 g/mol. The maximum Gasteiger partial charge on any atom is 0.243 e. The molecule has 0 aromatic heterocycles. The Kier molecular flexibility index (Phi) is 6.43. The van der Waals surface area contributed by atoms with Crippen molar-refractivity contribution in [2.45, 2.75) is 13.5 Å². The molecule has 0 heterocycles. The number of phenols is 1. The number of hydrogen-bond donors (Lipinski definition) is 3. The minimum atomic E-state index is -0.435. The summed E-state index contributed by atoms with van der Waals surface area (Å²) in [6, 6.07) is 5.05. The van der Waals surface area contributed by atoms with Crippen molar-refractivity contribution in [1.82, 2.24) is 0 Å². The lowest BCUT2D eigenvalue weighted by atomic mass is 10.2. The number of methoxy groups -OCH3 is 1. The Morgan fingerprint density at radius 3 is 2.41 bits per heavy atom. The molecule has 0 fully saturated rings. The van der Waals surface area contributed by atoms with Crippen LogP contribution >= 0.6 is 0 Å². The van der Waals surface area contributed by atoms with Crippen molar-refractivity contribution in [3.63, 3.8) is 0 Å². The molecule has 1 amide bonds. The predicted molar refractivity (Wildman–Crippen MR) is 66.6 cm³/mol. The summed E-state index contributed by atoms with van der Waals surface area (Å²) in [5, 5.41) is 9.16. The third-order valence-electron chi connectivity index (χ3n) is 1.90. The van der Waals surface area contributed by atoms with Gasteiger partial charge in [-0.05, 0) is 24.6 Å². The molecule has 94 valence electrons. The highest BCUT2D eigenvalue weighted by atomic mass is 16.5. The van der Waals surface area contributed by atoms with E-state index in [4.69, 9.17) is 21.3 Å². The van der Waals surface area contributed by atoms with E-state index in [0.717, 1.165) is 5.56 Å². The second-order valence-corrected chi connectivity index (χ2v) is 3.35. The molecule has 0 unspecified atom stereocenters. The molecule has 1 aromatic rings. The van der Waals surface area contributed by atoms with Crippen LogP contribution in [0.15, 0.2) is 30.4 Å². The Labute approximate surface area is 101 Å². The molecule has 1 rings (SSSR count). The summed E-state index contributed by atoms with van der Waals surface area (Å²) in [5.74, 6) is 0.174. The molecule has 0 bridgehead atoms. The quantitative estimate of drug-likeness (QED) is 0.681. The lowest BCUT2D eigenvalue weighted by molar-refractivity contribution is -0.114. The minimum absolute atomic E-state index is 0.143. The third kappa shape index (κ3) is 5.58. The summed E-state index contributed by atoms with van der Waals surface area (Å²) in [6.07, 6.45) is 0. The Balaban J connectivity index is 0.000000366. The molecule has 0 saturated carbocycles. The van der Waals surface area contributed by atoms with Crippen molar-refractivity contribution < 1.29 is 14.6 Å². The predicted octanol–water partition coefficient (Wildman–Crippen LogP) is 0.907. The first-order chi connectivity index (χ1) is 7.92. The van der Waals surface area contributed by atoms with E-state index in [1.54, 1.807) is 25.1 Å². The maximum absolute atomic E-state index is 9.82. The van der Waals surface area contributed by atoms with Crippen molar-refractivity contribution in [2.75, 3.05) is 7.11 Å². The van der Waals surface area contributed by atoms with Gasteiger partial charge in [-0.25, -0.2) is 0 Å². The monoisotopic (exact) mass is 238 g/mol. The summed E-state index contributed by atoms with van der Waals surface area (Å²) in [7, 11) is 1.51. The van der Waals surface area contributed by atoms with E-state index in [1.807, 2.05) is 0 Å². The van der Waals surface area contributed by atoms with Gasteiger partial charge >= 0.3 is 0 Å². The van der Waals surface area contributed by atoms with Gasteiger partial charge in [-0.1, -0.05) is 12.6 Å². The Hall–Kier alpha value is -2.01. The molecule has 0 aliphatic carbocycles. The summed E-state index contributed by atoms with van der Waals surface area (Å²) in [4.78, 5) is 9.82. The van der Waals surface area contributed by atoms with Gasteiger partial charge in [0, 0.05) is 12.1 Å². The van der Waals surface area contributed by atoms with Gasteiger partial charge in [0.1, 0.15) is 0 Å². The molecule has 17 heavy (non-hydrogen) atoms. The zero-order valence-corrected chi connectivity index (χ0v) is 10.1. The van der Waals surface area contributed by atoms with Crippen LogP contribution in [0, 0.1) is 0 Å². The van der Waals surface area contributed by atoms with Crippen LogP contribution in [0.2, 0.25) is 0 Å². The van der Waals surface area contributed by atoms with E-state index in [1.165, 1.54) is 7.11 Å². The number of nitrogens with two attached hydrogens (primary N) is 2. The molecule has 0 saturated heterocycles. The first-order valence-corrected chi connectivity index (χ1v) is 4.93. The lowest BCUT2D eigenvalue weighted by Gasteiger charge is -2.03. The number of amides is 1. The molecule has 5 nitrogen and oxygen atoms in total. The van der Waals surface area contributed by atoms with E-state index in [9.17, 15) is 4.79 Å². The van der Waals surface area contributed by atoms with Crippen LogP contribution in [0.5, 0.6) is 11.5 Å². The van der Waals surface area contributed by atoms with Gasteiger partial charge in [-0.15, -0.1) is 0 Å². The number of phenolic OH excluding ortho intramolecular Hbond substituents is 1. The zero-order valence-electron chi connectivity index (χ0n) is 10.1. The van der Waals surface area contributed by atoms with Crippen molar-refractivity contribution in [3.8, 4) is 11.5 Å². The Bertz CT molecular complexity index is 391. The number of ether oxygens (including phenoxy) is 1. The largest absolute Gasteiger partial charge is 0.504 e. The number of benzene rings is 1. The van der Waals surface area contributed by atoms with E-state index in [-0.39, 0.29) is 5.75 Å². The number of aromatic hydroxyl groups is 1. The second-order valence-electron chi connectivity index (χ2n) is 3.35. The summed E-state index contributed by atoms with van der Waals surface area (Å²) in [5.41, 5.74) is 11.4. The molecule has 1 aromatic carbocycles. The summed E-state index contributed by atoms with van der Waals surface area (Å²) < 4.78 is 4.88. The third-order valence-corrected chi connectivity index (χ3v) is 1.90. The van der Waals surface area contributed by atoms with Crippen LogP contribution in [0.25, 0.3) is 0 Å². The molecule has 0 radical (unpaired) electrons. The van der Waals surface area contributed by atoms with Crippen LogP contribution in [0.3, 0.4) is 0 Å². The normalized spacial score (nSPS) is 8.88. The van der Waals surface area contributed by atoms with E-state index < -0.39 is 5.91 Å². The standard InChI is InChI=1S/C8H11NO2.C4H7NO/c1-11-8-4-6(5-9)2-3-7(8)10;1-3(2)4(5)6/h2-4,10H,5,9H2,1H3;1H2,2H3,(H2,5,6). The van der Waals surface area contributed by atoms with Crippen LogP contribution < -0.4 is 16.2 Å².